The average Bonchev–Trinajstić information content (AvgIpc) is 3.01. The van der Waals surface area contributed by atoms with Gasteiger partial charge in [-0.15, -0.1) is 0 Å². The molecule has 0 saturated carbocycles. The van der Waals surface area contributed by atoms with E-state index in [0.29, 0.717) is 25.2 Å². The third-order valence-corrected chi connectivity index (χ3v) is 7.54. The average molecular weight is 571 g/mol. The minimum atomic E-state index is -1.16. The van der Waals surface area contributed by atoms with Crippen molar-refractivity contribution in [2.75, 3.05) is 20.8 Å². The van der Waals surface area contributed by atoms with Crippen LogP contribution >= 0.6 is 0 Å². The Morgan fingerprint density at radius 2 is 1.48 bits per heavy atom. The molecule has 0 spiro atoms. The van der Waals surface area contributed by atoms with Crippen molar-refractivity contribution in [3.8, 4) is 11.5 Å². The summed E-state index contributed by atoms with van der Waals surface area (Å²) in [5, 5.41) is 23.6. The van der Waals surface area contributed by atoms with E-state index in [1.807, 2.05) is 72.8 Å². The van der Waals surface area contributed by atoms with Crippen LogP contribution < -0.4 is 25.4 Å². The van der Waals surface area contributed by atoms with E-state index in [4.69, 9.17) is 9.47 Å². The maximum absolute atomic E-state index is 12.9. The number of benzene rings is 3. The normalized spacial score (nSPS) is 16.4. The molecule has 1 aliphatic heterocycles. The summed E-state index contributed by atoms with van der Waals surface area (Å²) in [7, 11) is 3.26. The van der Waals surface area contributed by atoms with Crippen LogP contribution in [0.4, 0.5) is 0 Å². The van der Waals surface area contributed by atoms with Gasteiger partial charge in [-0.25, -0.2) is 0 Å². The van der Waals surface area contributed by atoms with Crippen molar-refractivity contribution >= 4 is 0 Å². The van der Waals surface area contributed by atoms with Crippen LogP contribution in [0.1, 0.15) is 49.3 Å². The molecule has 8 heteroatoms. The van der Waals surface area contributed by atoms with E-state index in [1.165, 1.54) is 5.56 Å². The third-order valence-electron chi connectivity index (χ3n) is 7.54. The second-order valence-electron chi connectivity index (χ2n) is 10.6. The highest BCUT2D eigenvalue weighted by Gasteiger charge is 2.47. The van der Waals surface area contributed by atoms with Crippen molar-refractivity contribution < 1.29 is 14.4 Å². The van der Waals surface area contributed by atoms with E-state index in [0.717, 1.165) is 60.4 Å². The van der Waals surface area contributed by atoms with Gasteiger partial charge in [0.25, 0.3) is 0 Å². The first-order chi connectivity index (χ1) is 20.5. The van der Waals surface area contributed by atoms with Crippen molar-refractivity contribution in [1.82, 2.24) is 16.0 Å². The standard InChI is InChI=1S/C34H42N4O4/c1-4-5-7-12-29-23-32(35-22-21-26-10-8-6-9-11-26)33(38(39)40)34(37-29,24-27-13-17-30(41-2)18-14-27)36-25-28-15-19-31(42-3)20-16-28/h6,8-11,13-20,23,35-37H,4-5,7,12,21-22,24-25H2,1-3H3. The van der Waals surface area contributed by atoms with Crippen LogP contribution in [0.5, 0.6) is 11.5 Å². The van der Waals surface area contributed by atoms with Gasteiger partial charge in [0.2, 0.25) is 0 Å². The van der Waals surface area contributed by atoms with Gasteiger partial charge in [-0.3, -0.25) is 15.4 Å². The molecule has 0 saturated heterocycles. The maximum atomic E-state index is 12.9. The van der Waals surface area contributed by atoms with E-state index >= 15 is 0 Å². The summed E-state index contributed by atoms with van der Waals surface area (Å²) in [6.07, 6.45) is 7.03. The van der Waals surface area contributed by atoms with Gasteiger partial charge in [-0.2, -0.15) is 0 Å². The molecule has 0 amide bonds. The first-order valence-electron chi connectivity index (χ1n) is 14.6. The Morgan fingerprint density at radius 3 is 2.07 bits per heavy atom. The third kappa shape index (κ3) is 8.13. The molecule has 0 fully saturated rings. The molecule has 222 valence electrons. The molecule has 1 atom stereocenters. The molecular weight excluding hydrogens is 528 g/mol. The molecule has 0 radical (unpaired) electrons. The van der Waals surface area contributed by atoms with Crippen molar-refractivity contribution in [2.24, 2.45) is 0 Å². The zero-order valence-electron chi connectivity index (χ0n) is 24.8. The van der Waals surface area contributed by atoms with E-state index in [1.54, 1.807) is 14.2 Å². The second-order valence-corrected chi connectivity index (χ2v) is 10.6. The molecule has 3 aromatic rings. The Morgan fingerprint density at radius 1 is 0.833 bits per heavy atom. The summed E-state index contributed by atoms with van der Waals surface area (Å²) in [5.41, 5.74) is 3.56. The van der Waals surface area contributed by atoms with Crippen LogP contribution in [0.15, 0.2) is 102 Å². The molecule has 0 aliphatic carbocycles. The number of dihydropyridines is 1. The predicted molar refractivity (Wildman–Crippen MR) is 167 cm³/mol. The number of hydrogen-bond donors (Lipinski definition) is 3. The lowest BCUT2D eigenvalue weighted by molar-refractivity contribution is -0.439. The number of nitrogens with one attached hydrogen (secondary N) is 3. The first-order valence-corrected chi connectivity index (χ1v) is 14.6. The lowest BCUT2D eigenvalue weighted by Crippen LogP contribution is -2.62. The van der Waals surface area contributed by atoms with Crippen LogP contribution in [-0.2, 0) is 19.4 Å². The summed E-state index contributed by atoms with van der Waals surface area (Å²) < 4.78 is 10.7. The quantitative estimate of drug-likeness (QED) is 0.108. The van der Waals surface area contributed by atoms with Gasteiger partial charge in [-0.05, 0) is 66.3 Å². The fourth-order valence-electron chi connectivity index (χ4n) is 5.28. The summed E-state index contributed by atoms with van der Waals surface area (Å²) in [5.74, 6) is 1.50. The molecule has 42 heavy (non-hydrogen) atoms. The Kier molecular flexibility index (Phi) is 11.0. The highest BCUT2D eigenvalue weighted by atomic mass is 16.6. The Labute approximate surface area is 249 Å². The maximum Gasteiger partial charge on any atom is 0.309 e. The Bertz CT molecular complexity index is 1350. The monoisotopic (exact) mass is 570 g/mol. The van der Waals surface area contributed by atoms with Crippen molar-refractivity contribution in [3.05, 3.63) is 129 Å². The second kappa shape index (κ2) is 15.1. The van der Waals surface area contributed by atoms with Gasteiger partial charge >= 0.3 is 5.70 Å². The van der Waals surface area contributed by atoms with Gasteiger partial charge in [0.15, 0.2) is 5.66 Å². The minimum absolute atomic E-state index is 0.0825. The molecule has 1 aliphatic rings. The van der Waals surface area contributed by atoms with Crippen molar-refractivity contribution in [3.63, 3.8) is 0 Å². The van der Waals surface area contributed by atoms with Crippen LogP contribution in [0.2, 0.25) is 0 Å². The fraction of sp³-hybridized carbons (Fsp3) is 0.353. The minimum Gasteiger partial charge on any atom is -0.497 e. The Balaban J connectivity index is 1.73. The molecule has 0 aromatic heterocycles. The number of nitro groups is 1. The number of allylic oxidation sites excluding steroid dienone is 2. The lowest BCUT2D eigenvalue weighted by atomic mass is 9.90. The molecule has 1 unspecified atom stereocenters. The SMILES string of the molecule is CCCCCC1=CC(NCCc2ccccc2)=C([N+](=O)[O-])C(Cc2ccc(OC)cc2)(NCc2ccc(OC)cc2)N1. The number of ether oxygens (including phenoxy) is 2. The highest BCUT2D eigenvalue weighted by Crippen LogP contribution is 2.31. The van der Waals surface area contributed by atoms with Gasteiger partial charge in [0.1, 0.15) is 17.2 Å². The number of hydrogen-bond acceptors (Lipinski definition) is 7. The molecule has 0 bridgehead atoms. The van der Waals surface area contributed by atoms with E-state index in [-0.39, 0.29) is 10.6 Å². The molecular formula is C34H42N4O4. The molecule has 8 nitrogen and oxygen atoms in total. The number of methoxy groups -OCH3 is 2. The topological polar surface area (TPSA) is 97.7 Å². The van der Waals surface area contributed by atoms with Crippen LogP contribution in [0.25, 0.3) is 0 Å². The molecule has 4 rings (SSSR count). The summed E-state index contributed by atoms with van der Waals surface area (Å²) in [6, 6.07) is 25.6. The fourth-order valence-corrected chi connectivity index (χ4v) is 5.28. The summed E-state index contributed by atoms with van der Waals surface area (Å²) >= 11 is 0. The lowest BCUT2D eigenvalue weighted by Gasteiger charge is -2.38. The largest absolute Gasteiger partial charge is 0.497 e. The zero-order chi connectivity index (χ0) is 29.8. The van der Waals surface area contributed by atoms with E-state index in [9.17, 15) is 10.1 Å². The Hall–Kier alpha value is -4.30. The van der Waals surface area contributed by atoms with Gasteiger partial charge in [-0.1, -0.05) is 74.4 Å². The number of nitrogens with zero attached hydrogens (tertiary/aromatic N) is 1. The van der Waals surface area contributed by atoms with Crippen LogP contribution in [-0.4, -0.2) is 31.4 Å². The van der Waals surface area contributed by atoms with Crippen LogP contribution in [0.3, 0.4) is 0 Å². The van der Waals surface area contributed by atoms with Crippen molar-refractivity contribution in [1.29, 1.82) is 0 Å². The first kappa shape index (κ1) is 30.7. The number of unbranched alkanes of at least 4 members (excludes halogenated alkanes) is 2. The predicted octanol–water partition coefficient (Wildman–Crippen LogP) is 6.12. The van der Waals surface area contributed by atoms with E-state index < -0.39 is 5.66 Å². The smallest absolute Gasteiger partial charge is 0.309 e. The van der Waals surface area contributed by atoms with Crippen LogP contribution in [0, 0.1) is 10.1 Å². The van der Waals surface area contributed by atoms with Gasteiger partial charge in [0.05, 0.1) is 19.1 Å². The highest BCUT2D eigenvalue weighted by molar-refractivity contribution is 5.40. The zero-order valence-corrected chi connectivity index (χ0v) is 24.8. The van der Waals surface area contributed by atoms with Gasteiger partial charge < -0.3 is 20.1 Å². The van der Waals surface area contributed by atoms with Crippen molar-refractivity contribution in [2.45, 2.75) is 57.7 Å². The summed E-state index contributed by atoms with van der Waals surface area (Å²) in [4.78, 5) is 12.7. The molecule has 3 aromatic carbocycles. The number of rotatable bonds is 16. The van der Waals surface area contributed by atoms with E-state index in [2.05, 4.69) is 35.0 Å². The molecule has 3 N–H and O–H groups in total. The molecule has 1 heterocycles. The van der Waals surface area contributed by atoms with Gasteiger partial charge in [0, 0.05) is 25.2 Å². The summed E-state index contributed by atoms with van der Waals surface area (Å²) in [6.45, 7) is 3.17.